The Balaban J connectivity index is 1.68. The summed E-state index contributed by atoms with van der Waals surface area (Å²) in [6.07, 6.45) is 1.33. The Hall–Kier alpha value is -1.79. The zero-order valence-electron chi connectivity index (χ0n) is 16.3. The van der Waals surface area contributed by atoms with E-state index in [9.17, 15) is 9.18 Å². The van der Waals surface area contributed by atoms with Crippen molar-refractivity contribution < 1.29 is 9.18 Å². The first kappa shape index (κ1) is 20.0. The molecule has 0 N–H and O–H groups in total. The molecule has 146 valence electrons. The Kier molecular flexibility index (Phi) is 6.60. The van der Waals surface area contributed by atoms with Gasteiger partial charge in [0.05, 0.1) is 17.1 Å². The zero-order valence-corrected chi connectivity index (χ0v) is 17.1. The third kappa shape index (κ3) is 5.36. The van der Waals surface area contributed by atoms with E-state index in [0.717, 1.165) is 48.9 Å². The molecule has 27 heavy (non-hydrogen) atoms. The van der Waals surface area contributed by atoms with Gasteiger partial charge < -0.3 is 4.90 Å². The molecule has 3 rings (SSSR count). The van der Waals surface area contributed by atoms with Gasteiger partial charge in [0.1, 0.15) is 5.82 Å². The highest BCUT2D eigenvalue weighted by molar-refractivity contribution is 7.09. The number of hydrogen-bond donors (Lipinski definition) is 0. The number of halogens is 1. The molecular formula is C21H28FN3OS. The summed E-state index contributed by atoms with van der Waals surface area (Å²) in [7, 11) is 0. The van der Waals surface area contributed by atoms with Gasteiger partial charge in [-0.1, -0.05) is 26.0 Å². The van der Waals surface area contributed by atoms with Crippen molar-refractivity contribution in [2.75, 3.05) is 19.6 Å². The van der Waals surface area contributed by atoms with E-state index in [2.05, 4.69) is 23.7 Å². The molecule has 4 nitrogen and oxygen atoms in total. The zero-order chi connectivity index (χ0) is 19.4. The third-order valence-electron chi connectivity index (χ3n) is 5.17. The number of aryl methyl sites for hydroxylation is 1. The standard InChI is InChI=1S/C21H28FN3OS/c1-15(2)20-13-25(21(26)11-19-14-27-16(3)23-19)10-4-9-24(20)12-17-5-7-18(22)8-6-17/h5-8,14-15,20H,4,9-13H2,1-3H3. The van der Waals surface area contributed by atoms with Gasteiger partial charge in [0.2, 0.25) is 5.91 Å². The topological polar surface area (TPSA) is 36.4 Å². The van der Waals surface area contributed by atoms with Crippen LogP contribution < -0.4 is 0 Å². The fourth-order valence-corrected chi connectivity index (χ4v) is 4.31. The maximum Gasteiger partial charge on any atom is 0.228 e. The number of thiazole rings is 1. The van der Waals surface area contributed by atoms with E-state index >= 15 is 0 Å². The SMILES string of the molecule is Cc1nc(CC(=O)N2CCCN(Cc3ccc(F)cc3)C(C(C)C)C2)cs1. The molecule has 1 fully saturated rings. The third-order valence-corrected chi connectivity index (χ3v) is 5.99. The first-order valence-corrected chi connectivity index (χ1v) is 10.5. The highest BCUT2D eigenvalue weighted by atomic mass is 32.1. The molecule has 6 heteroatoms. The number of nitrogens with zero attached hydrogens (tertiary/aromatic N) is 3. The van der Waals surface area contributed by atoms with Crippen LogP contribution in [0.25, 0.3) is 0 Å². The average Bonchev–Trinajstić information content (AvgIpc) is 2.90. The molecule has 0 spiro atoms. The molecule has 0 aliphatic carbocycles. The summed E-state index contributed by atoms with van der Waals surface area (Å²) in [5, 5.41) is 2.98. The molecule has 1 aliphatic rings. The lowest BCUT2D eigenvalue weighted by atomic mass is 10.0. The Morgan fingerprint density at radius 3 is 2.67 bits per heavy atom. The molecule has 1 aromatic heterocycles. The summed E-state index contributed by atoms with van der Waals surface area (Å²) in [4.78, 5) is 21.7. The smallest absolute Gasteiger partial charge is 0.228 e. The second kappa shape index (κ2) is 8.93. The Morgan fingerprint density at radius 2 is 2.04 bits per heavy atom. The van der Waals surface area contributed by atoms with Crippen LogP contribution in [0.2, 0.25) is 0 Å². The summed E-state index contributed by atoms with van der Waals surface area (Å²) >= 11 is 1.59. The molecule has 1 saturated heterocycles. The van der Waals surface area contributed by atoms with E-state index in [0.29, 0.717) is 18.4 Å². The maximum atomic E-state index is 13.2. The highest BCUT2D eigenvalue weighted by Crippen LogP contribution is 2.21. The van der Waals surface area contributed by atoms with E-state index in [1.54, 1.807) is 11.3 Å². The van der Waals surface area contributed by atoms with Crippen molar-refractivity contribution in [2.24, 2.45) is 5.92 Å². The molecule has 0 radical (unpaired) electrons. The molecular weight excluding hydrogens is 361 g/mol. The monoisotopic (exact) mass is 389 g/mol. The fourth-order valence-electron chi connectivity index (χ4n) is 3.70. The van der Waals surface area contributed by atoms with Crippen molar-refractivity contribution in [3.63, 3.8) is 0 Å². The molecule has 1 aromatic carbocycles. The highest BCUT2D eigenvalue weighted by Gasteiger charge is 2.29. The summed E-state index contributed by atoms with van der Waals surface area (Å²) < 4.78 is 13.2. The minimum atomic E-state index is -0.205. The van der Waals surface area contributed by atoms with Gasteiger partial charge >= 0.3 is 0 Å². The van der Waals surface area contributed by atoms with Crippen molar-refractivity contribution >= 4 is 17.2 Å². The Bertz CT molecular complexity index is 759. The largest absolute Gasteiger partial charge is 0.341 e. The van der Waals surface area contributed by atoms with Gasteiger partial charge in [-0.2, -0.15) is 0 Å². The van der Waals surface area contributed by atoms with E-state index in [1.165, 1.54) is 12.1 Å². The second-order valence-electron chi connectivity index (χ2n) is 7.64. The number of carbonyl (C=O) groups is 1. The van der Waals surface area contributed by atoms with Gasteiger partial charge in [-0.15, -0.1) is 11.3 Å². The number of aromatic nitrogens is 1. The summed E-state index contributed by atoms with van der Waals surface area (Å²) in [5.74, 6) is 0.388. The van der Waals surface area contributed by atoms with Gasteiger partial charge in [-0.05, 0) is 37.0 Å². The fraction of sp³-hybridized carbons (Fsp3) is 0.524. The Labute approximate surface area is 165 Å². The lowest BCUT2D eigenvalue weighted by molar-refractivity contribution is -0.131. The predicted octanol–water partition coefficient (Wildman–Crippen LogP) is 3.89. The van der Waals surface area contributed by atoms with Gasteiger partial charge in [0, 0.05) is 37.6 Å². The van der Waals surface area contributed by atoms with Crippen LogP contribution in [0.5, 0.6) is 0 Å². The van der Waals surface area contributed by atoms with Crippen LogP contribution in [0.4, 0.5) is 4.39 Å². The van der Waals surface area contributed by atoms with Crippen LogP contribution in [-0.4, -0.2) is 46.4 Å². The van der Waals surface area contributed by atoms with Crippen LogP contribution in [0.1, 0.15) is 36.5 Å². The van der Waals surface area contributed by atoms with Crippen molar-refractivity contribution in [3.8, 4) is 0 Å². The van der Waals surface area contributed by atoms with Gasteiger partial charge in [-0.3, -0.25) is 9.69 Å². The van der Waals surface area contributed by atoms with E-state index in [-0.39, 0.29) is 11.7 Å². The van der Waals surface area contributed by atoms with Crippen LogP contribution in [0.15, 0.2) is 29.6 Å². The molecule has 2 aromatic rings. The van der Waals surface area contributed by atoms with Crippen molar-refractivity contribution in [1.29, 1.82) is 0 Å². The van der Waals surface area contributed by atoms with E-state index < -0.39 is 0 Å². The molecule has 1 aliphatic heterocycles. The van der Waals surface area contributed by atoms with Crippen molar-refractivity contribution in [3.05, 3.63) is 51.7 Å². The lowest BCUT2D eigenvalue weighted by Gasteiger charge is -2.34. The number of hydrogen-bond acceptors (Lipinski definition) is 4. The minimum Gasteiger partial charge on any atom is -0.341 e. The quantitative estimate of drug-likeness (QED) is 0.778. The lowest BCUT2D eigenvalue weighted by Crippen LogP contribution is -2.45. The molecule has 0 bridgehead atoms. The van der Waals surface area contributed by atoms with Crippen LogP contribution in [-0.2, 0) is 17.8 Å². The predicted molar refractivity (Wildman–Crippen MR) is 107 cm³/mol. The summed E-state index contributed by atoms with van der Waals surface area (Å²) in [5.41, 5.74) is 1.98. The molecule has 1 amide bonds. The van der Waals surface area contributed by atoms with E-state index in [4.69, 9.17) is 0 Å². The van der Waals surface area contributed by atoms with Gasteiger partial charge in [0.25, 0.3) is 0 Å². The molecule has 1 atom stereocenters. The first-order chi connectivity index (χ1) is 12.9. The summed E-state index contributed by atoms with van der Waals surface area (Å²) in [6.45, 7) is 9.63. The average molecular weight is 390 g/mol. The molecule has 1 unspecified atom stereocenters. The number of benzene rings is 1. The normalized spacial score (nSPS) is 18.7. The second-order valence-corrected chi connectivity index (χ2v) is 8.70. The van der Waals surface area contributed by atoms with E-state index in [1.807, 2.05) is 29.3 Å². The van der Waals surface area contributed by atoms with Crippen LogP contribution in [0.3, 0.4) is 0 Å². The van der Waals surface area contributed by atoms with Crippen molar-refractivity contribution in [2.45, 2.75) is 46.2 Å². The van der Waals surface area contributed by atoms with Gasteiger partial charge in [0.15, 0.2) is 0 Å². The molecule has 2 heterocycles. The van der Waals surface area contributed by atoms with Crippen LogP contribution >= 0.6 is 11.3 Å². The van der Waals surface area contributed by atoms with Crippen molar-refractivity contribution in [1.82, 2.24) is 14.8 Å². The van der Waals surface area contributed by atoms with Gasteiger partial charge in [-0.25, -0.2) is 9.37 Å². The minimum absolute atomic E-state index is 0.162. The number of carbonyl (C=O) groups excluding carboxylic acids is 1. The first-order valence-electron chi connectivity index (χ1n) is 9.59. The summed E-state index contributed by atoms with van der Waals surface area (Å²) in [6, 6.07) is 7.03. The van der Waals surface area contributed by atoms with Crippen LogP contribution in [0, 0.1) is 18.7 Å². The molecule has 0 saturated carbocycles. The Morgan fingerprint density at radius 1 is 1.30 bits per heavy atom. The number of amides is 1. The number of rotatable bonds is 5. The maximum absolute atomic E-state index is 13.2.